The van der Waals surface area contributed by atoms with Crippen LogP contribution >= 0.6 is 0 Å². The molecule has 0 radical (unpaired) electrons. The fraction of sp³-hybridized carbons (Fsp3) is 0.318. The lowest BCUT2D eigenvalue weighted by atomic mass is 10.0. The van der Waals surface area contributed by atoms with Crippen molar-refractivity contribution >= 4 is 0 Å². The summed E-state index contributed by atoms with van der Waals surface area (Å²) < 4.78 is 2.28. The molecule has 25 heavy (non-hydrogen) atoms. The van der Waals surface area contributed by atoms with Crippen LogP contribution in [0.2, 0.25) is 0 Å². The number of benzene rings is 2. The summed E-state index contributed by atoms with van der Waals surface area (Å²) in [4.78, 5) is 0. The van der Waals surface area contributed by atoms with Gasteiger partial charge in [-0.25, -0.2) is 0 Å². The first-order valence-electron chi connectivity index (χ1n) is 9.26. The maximum absolute atomic E-state index is 4.99. The standard InChI is InChI=1S/C22H25N3/c1-3-8-18(9-4-1)12-7-15-25-22-13-14-23-17-20(22)21(24-25)16-19-10-5-2-6-11-19/h1-6,8-11,23H,7,12-17H2. The number of hydrogen-bond donors (Lipinski definition) is 1. The summed E-state index contributed by atoms with van der Waals surface area (Å²) >= 11 is 0. The predicted molar refractivity (Wildman–Crippen MR) is 102 cm³/mol. The van der Waals surface area contributed by atoms with E-state index in [0.717, 1.165) is 45.3 Å². The highest BCUT2D eigenvalue weighted by molar-refractivity contribution is 5.33. The van der Waals surface area contributed by atoms with Gasteiger partial charge in [0.25, 0.3) is 0 Å². The van der Waals surface area contributed by atoms with Gasteiger partial charge >= 0.3 is 0 Å². The summed E-state index contributed by atoms with van der Waals surface area (Å²) in [5, 5.41) is 8.50. The molecule has 2 aromatic carbocycles. The number of aryl methyl sites for hydroxylation is 2. The lowest BCUT2D eigenvalue weighted by Crippen LogP contribution is -2.25. The van der Waals surface area contributed by atoms with Gasteiger partial charge in [-0.15, -0.1) is 0 Å². The van der Waals surface area contributed by atoms with Crippen molar-refractivity contribution in [2.75, 3.05) is 6.54 Å². The van der Waals surface area contributed by atoms with Crippen molar-refractivity contribution in [1.29, 1.82) is 0 Å². The largest absolute Gasteiger partial charge is 0.312 e. The Kier molecular flexibility index (Phi) is 4.93. The number of hydrogen-bond acceptors (Lipinski definition) is 2. The SMILES string of the molecule is c1ccc(CCCn2nc(Cc3ccccc3)c3c2CCNC3)cc1. The molecule has 3 heteroatoms. The lowest BCUT2D eigenvalue weighted by Gasteiger charge is -2.15. The smallest absolute Gasteiger partial charge is 0.0716 e. The Balaban J connectivity index is 1.49. The Hall–Kier alpha value is -2.39. The van der Waals surface area contributed by atoms with Crippen molar-refractivity contribution in [3.05, 3.63) is 88.7 Å². The van der Waals surface area contributed by atoms with Crippen LogP contribution in [0.5, 0.6) is 0 Å². The van der Waals surface area contributed by atoms with Gasteiger partial charge in [-0.1, -0.05) is 60.7 Å². The molecule has 4 rings (SSSR count). The molecule has 0 bridgehead atoms. The number of fused-ring (bicyclic) bond motifs is 1. The molecule has 0 spiro atoms. The molecule has 1 aliphatic heterocycles. The Labute approximate surface area is 149 Å². The zero-order valence-electron chi connectivity index (χ0n) is 14.6. The molecule has 1 aliphatic rings. The molecule has 0 aliphatic carbocycles. The van der Waals surface area contributed by atoms with Crippen LogP contribution in [0.15, 0.2) is 60.7 Å². The van der Waals surface area contributed by atoms with Gasteiger partial charge in [0.15, 0.2) is 0 Å². The first-order chi connectivity index (χ1) is 12.4. The Morgan fingerprint density at radius 1 is 0.920 bits per heavy atom. The molecule has 0 fully saturated rings. The average molecular weight is 331 g/mol. The van der Waals surface area contributed by atoms with E-state index in [4.69, 9.17) is 5.10 Å². The maximum atomic E-state index is 4.99. The second-order valence-electron chi connectivity index (χ2n) is 6.77. The summed E-state index contributed by atoms with van der Waals surface area (Å²) in [6.07, 6.45) is 4.26. The van der Waals surface area contributed by atoms with Crippen LogP contribution in [-0.4, -0.2) is 16.3 Å². The van der Waals surface area contributed by atoms with Crippen LogP contribution in [0.1, 0.15) is 34.5 Å². The first-order valence-corrected chi connectivity index (χ1v) is 9.26. The minimum absolute atomic E-state index is 0.927. The number of nitrogens with one attached hydrogen (secondary N) is 1. The molecule has 3 nitrogen and oxygen atoms in total. The molecule has 0 amide bonds. The summed E-state index contributed by atoms with van der Waals surface area (Å²) in [6.45, 7) is 3.02. The van der Waals surface area contributed by atoms with Crippen LogP contribution < -0.4 is 5.32 Å². The molecule has 1 aromatic heterocycles. The average Bonchev–Trinajstić information content (AvgIpc) is 3.01. The van der Waals surface area contributed by atoms with Crippen LogP contribution in [0.4, 0.5) is 0 Å². The predicted octanol–water partition coefficient (Wildman–Crippen LogP) is 3.75. The fourth-order valence-corrected chi connectivity index (χ4v) is 3.69. The molecule has 0 unspecified atom stereocenters. The molecule has 128 valence electrons. The van der Waals surface area contributed by atoms with Gasteiger partial charge in [0.05, 0.1) is 5.69 Å². The molecule has 0 atom stereocenters. The van der Waals surface area contributed by atoms with E-state index in [9.17, 15) is 0 Å². The third kappa shape index (κ3) is 3.83. The molecule has 0 saturated heterocycles. The molecule has 3 aromatic rings. The van der Waals surface area contributed by atoms with Crippen LogP contribution in [-0.2, 0) is 32.4 Å². The minimum Gasteiger partial charge on any atom is -0.312 e. The summed E-state index contributed by atoms with van der Waals surface area (Å²) in [6, 6.07) is 21.4. The topological polar surface area (TPSA) is 29.9 Å². The molecular formula is C22H25N3. The lowest BCUT2D eigenvalue weighted by molar-refractivity contribution is 0.530. The first kappa shape index (κ1) is 16.1. The van der Waals surface area contributed by atoms with E-state index in [0.29, 0.717) is 0 Å². The van der Waals surface area contributed by atoms with Crippen molar-refractivity contribution < 1.29 is 0 Å². The van der Waals surface area contributed by atoms with E-state index in [1.165, 1.54) is 28.1 Å². The van der Waals surface area contributed by atoms with E-state index >= 15 is 0 Å². The highest BCUT2D eigenvalue weighted by Gasteiger charge is 2.20. The van der Waals surface area contributed by atoms with Gasteiger partial charge in [-0.05, 0) is 24.0 Å². The summed E-state index contributed by atoms with van der Waals surface area (Å²) in [5.74, 6) is 0. The third-order valence-electron chi connectivity index (χ3n) is 4.98. The summed E-state index contributed by atoms with van der Waals surface area (Å²) in [5.41, 5.74) is 6.86. The van der Waals surface area contributed by atoms with E-state index < -0.39 is 0 Å². The zero-order chi connectivity index (χ0) is 16.9. The molecule has 2 heterocycles. The van der Waals surface area contributed by atoms with Crippen molar-refractivity contribution in [3.8, 4) is 0 Å². The van der Waals surface area contributed by atoms with Gasteiger partial charge in [0.1, 0.15) is 0 Å². The van der Waals surface area contributed by atoms with Crippen LogP contribution in [0, 0.1) is 0 Å². The van der Waals surface area contributed by atoms with Crippen LogP contribution in [0.3, 0.4) is 0 Å². The fourth-order valence-electron chi connectivity index (χ4n) is 3.69. The van der Waals surface area contributed by atoms with E-state index in [-0.39, 0.29) is 0 Å². The zero-order valence-corrected chi connectivity index (χ0v) is 14.6. The molecule has 1 N–H and O–H groups in total. The highest BCUT2D eigenvalue weighted by atomic mass is 15.3. The van der Waals surface area contributed by atoms with Crippen molar-refractivity contribution in [3.63, 3.8) is 0 Å². The van der Waals surface area contributed by atoms with Gasteiger partial charge in [0, 0.05) is 43.7 Å². The number of rotatable bonds is 6. The Morgan fingerprint density at radius 2 is 1.64 bits per heavy atom. The summed E-state index contributed by atoms with van der Waals surface area (Å²) in [7, 11) is 0. The van der Waals surface area contributed by atoms with Gasteiger partial charge < -0.3 is 5.32 Å². The second kappa shape index (κ2) is 7.66. The van der Waals surface area contributed by atoms with E-state index in [1.54, 1.807) is 0 Å². The van der Waals surface area contributed by atoms with Gasteiger partial charge in [-0.3, -0.25) is 4.68 Å². The monoisotopic (exact) mass is 331 g/mol. The molecule has 0 saturated carbocycles. The quantitative estimate of drug-likeness (QED) is 0.745. The Morgan fingerprint density at radius 3 is 2.40 bits per heavy atom. The maximum Gasteiger partial charge on any atom is 0.0716 e. The van der Waals surface area contributed by atoms with E-state index in [1.807, 2.05) is 0 Å². The number of nitrogens with zero attached hydrogens (tertiary/aromatic N) is 2. The van der Waals surface area contributed by atoms with Crippen molar-refractivity contribution in [2.45, 2.75) is 38.8 Å². The van der Waals surface area contributed by atoms with Crippen LogP contribution in [0.25, 0.3) is 0 Å². The Bertz CT molecular complexity index is 806. The second-order valence-corrected chi connectivity index (χ2v) is 6.77. The van der Waals surface area contributed by atoms with Crippen molar-refractivity contribution in [2.24, 2.45) is 0 Å². The van der Waals surface area contributed by atoms with E-state index in [2.05, 4.69) is 70.7 Å². The normalized spacial score (nSPS) is 13.6. The van der Waals surface area contributed by atoms with Crippen molar-refractivity contribution in [1.82, 2.24) is 15.1 Å². The highest BCUT2D eigenvalue weighted by Crippen LogP contribution is 2.21. The minimum atomic E-state index is 0.927. The van der Waals surface area contributed by atoms with Gasteiger partial charge in [0.2, 0.25) is 0 Å². The number of aromatic nitrogens is 2. The third-order valence-corrected chi connectivity index (χ3v) is 4.98. The molecular weight excluding hydrogens is 306 g/mol. The van der Waals surface area contributed by atoms with Gasteiger partial charge in [-0.2, -0.15) is 5.10 Å².